The van der Waals surface area contributed by atoms with Crippen LogP contribution in [0.2, 0.25) is 0 Å². The van der Waals surface area contributed by atoms with E-state index in [0.29, 0.717) is 17.9 Å². The lowest BCUT2D eigenvalue weighted by Gasteiger charge is -2.45. The van der Waals surface area contributed by atoms with Crippen LogP contribution < -0.4 is 9.47 Å². The van der Waals surface area contributed by atoms with Crippen LogP contribution in [-0.4, -0.2) is 123 Å². The Labute approximate surface area is 250 Å². The summed E-state index contributed by atoms with van der Waals surface area (Å²) in [5.74, 6) is 0.697. The molecule has 0 aromatic heterocycles. The highest BCUT2D eigenvalue weighted by Crippen LogP contribution is 2.34. The van der Waals surface area contributed by atoms with Crippen LogP contribution in [0.15, 0.2) is 18.2 Å². The fourth-order valence-corrected chi connectivity index (χ4v) is 4.91. The zero-order valence-corrected chi connectivity index (χ0v) is 24.7. The standard InChI is InChI=1S/C29H46O14/c1-15(2)7-5-4-6-8-21(32)39-14-16-9-10-17(18(11-16)38-3)40-28-26(37)24(35)27(20(13-31)42-28)43-29-25(36)23(34)22(33)19(12-30)41-29/h9-11,15,19-20,22-31,33-37H,4-8,12-14H2,1-3H3. The Morgan fingerprint density at radius 2 is 1.51 bits per heavy atom. The Bertz CT molecular complexity index is 988. The van der Waals surface area contributed by atoms with Crippen LogP contribution in [0.1, 0.15) is 51.5 Å². The number of methoxy groups -OCH3 is 1. The highest BCUT2D eigenvalue weighted by Gasteiger charge is 2.51. The van der Waals surface area contributed by atoms with Crippen molar-refractivity contribution in [1.29, 1.82) is 0 Å². The first-order valence-corrected chi connectivity index (χ1v) is 14.6. The summed E-state index contributed by atoms with van der Waals surface area (Å²) in [6, 6.07) is 4.74. The fraction of sp³-hybridized carbons (Fsp3) is 0.759. The molecule has 0 bridgehead atoms. The molecule has 0 aliphatic carbocycles. The van der Waals surface area contributed by atoms with E-state index in [2.05, 4.69) is 13.8 Å². The van der Waals surface area contributed by atoms with Gasteiger partial charge in [-0.2, -0.15) is 0 Å². The van der Waals surface area contributed by atoms with Gasteiger partial charge in [0.2, 0.25) is 6.29 Å². The van der Waals surface area contributed by atoms with Crippen molar-refractivity contribution in [2.75, 3.05) is 20.3 Å². The summed E-state index contributed by atoms with van der Waals surface area (Å²) >= 11 is 0. The van der Waals surface area contributed by atoms with Gasteiger partial charge in [0.05, 0.1) is 20.3 Å². The zero-order valence-electron chi connectivity index (χ0n) is 24.7. The first-order chi connectivity index (χ1) is 20.5. The summed E-state index contributed by atoms with van der Waals surface area (Å²) in [6.07, 6.45) is -11.4. The highest BCUT2D eigenvalue weighted by atomic mass is 16.7. The maximum atomic E-state index is 12.1. The molecule has 0 amide bonds. The molecule has 2 aliphatic rings. The second-order valence-corrected chi connectivity index (χ2v) is 11.3. The number of hydrogen-bond acceptors (Lipinski definition) is 14. The van der Waals surface area contributed by atoms with Gasteiger partial charge in [-0.1, -0.05) is 39.2 Å². The number of ether oxygens (including phenoxy) is 6. The second-order valence-electron chi connectivity index (χ2n) is 11.3. The van der Waals surface area contributed by atoms with Crippen LogP contribution in [0.25, 0.3) is 0 Å². The van der Waals surface area contributed by atoms with Crippen LogP contribution in [-0.2, 0) is 30.3 Å². The van der Waals surface area contributed by atoms with Gasteiger partial charge < -0.3 is 64.2 Å². The van der Waals surface area contributed by atoms with E-state index in [0.717, 1.165) is 25.7 Å². The van der Waals surface area contributed by atoms with Crippen LogP contribution >= 0.6 is 0 Å². The average Bonchev–Trinajstić information content (AvgIpc) is 2.99. The third kappa shape index (κ3) is 9.44. The molecule has 14 nitrogen and oxygen atoms in total. The number of rotatable bonds is 15. The molecule has 14 heteroatoms. The van der Waals surface area contributed by atoms with Gasteiger partial charge >= 0.3 is 5.97 Å². The minimum atomic E-state index is -1.77. The van der Waals surface area contributed by atoms with Crippen molar-refractivity contribution in [3.05, 3.63) is 23.8 Å². The number of unbranched alkanes of at least 4 members (excludes halogenated alkanes) is 2. The summed E-state index contributed by atoms with van der Waals surface area (Å²) in [5, 5.41) is 71.2. The largest absolute Gasteiger partial charge is 0.493 e. The quantitative estimate of drug-likeness (QED) is 0.0961. The maximum Gasteiger partial charge on any atom is 0.306 e. The van der Waals surface area contributed by atoms with Crippen molar-refractivity contribution in [1.82, 2.24) is 0 Å². The SMILES string of the molecule is COc1cc(COC(=O)CCCCCC(C)C)ccc1OC1OC(CO)C(OC2OC(CO)C(O)C(O)C2O)C(O)C1O. The summed E-state index contributed by atoms with van der Waals surface area (Å²) in [7, 11) is 1.39. The molecule has 246 valence electrons. The van der Waals surface area contributed by atoms with Gasteiger partial charge in [0, 0.05) is 6.42 Å². The number of carbonyl (C=O) groups is 1. The topological polar surface area (TPSA) is 214 Å². The van der Waals surface area contributed by atoms with Crippen molar-refractivity contribution in [3.63, 3.8) is 0 Å². The summed E-state index contributed by atoms with van der Waals surface area (Å²) in [5.41, 5.74) is 0.628. The number of hydrogen-bond donors (Lipinski definition) is 7. The Hall–Kier alpha value is -2.11. The highest BCUT2D eigenvalue weighted by molar-refractivity contribution is 5.69. The van der Waals surface area contributed by atoms with Crippen molar-refractivity contribution >= 4 is 5.97 Å². The number of esters is 1. The monoisotopic (exact) mass is 618 g/mol. The summed E-state index contributed by atoms with van der Waals surface area (Å²) in [6.45, 7) is 2.95. The molecule has 0 radical (unpaired) electrons. The molecule has 10 atom stereocenters. The van der Waals surface area contributed by atoms with E-state index in [1.54, 1.807) is 12.1 Å². The maximum absolute atomic E-state index is 12.1. The van der Waals surface area contributed by atoms with Crippen LogP contribution in [0.5, 0.6) is 11.5 Å². The second kappa shape index (κ2) is 16.8. The third-order valence-electron chi connectivity index (χ3n) is 7.49. The number of carbonyl (C=O) groups excluding carboxylic acids is 1. The molecular weight excluding hydrogens is 572 g/mol. The lowest BCUT2D eigenvalue weighted by Crippen LogP contribution is -2.65. The predicted octanol–water partition coefficient (Wildman–Crippen LogP) is -0.652. The van der Waals surface area contributed by atoms with E-state index < -0.39 is 74.6 Å². The van der Waals surface area contributed by atoms with E-state index >= 15 is 0 Å². The van der Waals surface area contributed by atoms with Crippen molar-refractivity contribution in [3.8, 4) is 11.5 Å². The van der Waals surface area contributed by atoms with E-state index in [9.17, 15) is 40.5 Å². The van der Waals surface area contributed by atoms with Crippen LogP contribution in [0, 0.1) is 5.92 Å². The van der Waals surface area contributed by atoms with Gasteiger partial charge in [-0.3, -0.25) is 4.79 Å². The Morgan fingerprint density at radius 1 is 0.837 bits per heavy atom. The van der Waals surface area contributed by atoms with Crippen LogP contribution in [0.4, 0.5) is 0 Å². The van der Waals surface area contributed by atoms with Gasteiger partial charge in [-0.15, -0.1) is 0 Å². The molecule has 1 aromatic carbocycles. The van der Waals surface area contributed by atoms with Crippen molar-refractivity contribution < 1.29 is 69.0 Å². The number of aliphatic hydroxyl groups excluding tert-OH is 7. The minimum absolute atomic E-state index is 0.0201. The molecule has 43 heavy (non-hydrogen) atoms. The van der Waals surface area contributed by atoms with Gasteiger partial charge in [0.25, 0.3) is 0 Å². The molecule has 2 heterocycles. The average molecular weight is 619 g/mol. The smallest absolute Gasteiger partial charge is 0.306 e. The van der Waals surface area contributed by atoms with E-state index in [-0.39, 0.29) is 24.1 Å². The molecule has 10 unspecified atom stereocenters. The zero-order chi connectivity index (χ0) is 31.7. The first-order valence-electron chi connectivity index (χ1n) is 14.6. The van der Waals surface area contributed by atoms with E-state index in [1.165, 1.54) is 13.2 Å². The van der Waals surface area contributed by atoms with Gasteiger partial charge in [-0.25, -0.2) is 0 Å². The van der Waals surface area contributed by atoms with Gasteiger partial charge in [0.15, 0.2) is 17.8 Å². The van der Waals surface area contributed by atoms with Gasteiger partial charge in [0.1, 0.15) is 55.4 Å². The Balaban J connectivity index is 1.58. The molecule has 1 aromatic rings. The lowest BCUT2D eigenvalue weighted by atomic mass is 9.97. The van der Waals surface area contributed by atoms with E-state index in [4.69, 9.17) is 28.4 Å². The van der Waals surface area contributed by atoms with Crippen molar-refractivity contribution in [2.24, 2.45) is 5.92 Å². The van der Waals surface area contributed by atoms with E-state index in [1.807, 2.05) is 0 Å². The third-order valence-corrected chi connectivity index (χ3v) is 7.49. The molecule has 3 rings (SSSR count). The lowest BCUT2D eigenvalue weighted by molar-refractivity contribution is -0.352. The van der Waals surface area contributed by atoms with Crippen molar-refractivity contribution in [2.45, 2.75) is 114 Å². The fourth-order valence-electron chi connectivity index (χ4n) is 4.91. The van der Waals surface area contributed by atoms with Crippen LogP contribution in [0.3, 0.4) is 0 Å². The first kappa shape index (κ1) is 35.4. The molecule has 7 N–H and O–H groups in total. The molecule has 2 saturated heterocycles. The Morgan fingerprint density at radius 3 is 2.16 bits per heavy atom. The summed E-state index contributed by atoms with van der Waals surface area (Å²) in [4.78, 5) is 12.1. The van der Waals surface area contributed by atoms with Gasteiger partial charge in [-0.05, 0) is 30.0 Å². The normalized spacial score (nSPS) is 32.9. The molecular formula is C29H46O14. The predicted molar refractivity (Wildman–Crippen MR) is 148 cm³/mol. The molecule has 2 fully saturated rings. The summed E-state index contributed by atoms with van der Waals surface area (Å²) < 4.78 is 33.0. The molecule has 0 saturated carbocycles. The number of aliphatic hydroxyl groups is 7. The minimum Gasteiger partial charge on any atom is -0.493 e. The molecule has 2 aliphatic heterocycles. The molecule has 0 spiro atoms. The Kier molecular flexibility index (Phi) is 13.8. The number of benzene rings is 1.